The lowest BCUT2D eigenvalue weighted by atomic mass is 10.1. The van der Waals surface area contributed by atoms with Gasteiger partial charge in [-0.05, 0) is 6.07 Å². The lowest BCUT2D eigenvalue weighted by Crippen LogP contribution is -1.92. The van der Waals surface area contributed by atoms with Gasteiger partial charge < -0.3 is 0 Å². The number of nitro groups is 1. The van der Waals surface area contributed by atoms with E-state index in [1.165, 1.54) is 35.8 Å². The van der Waals surface area contributed by atoms with Gasteiger partial charge in [-0.15, -0.1) is 11.3 Å². The van der Waals surface area contributed by atoms with E-state index in [0.29, 0.717) is 22.0 Å². The molecule has 0 aliphatic rings. The first-order chi connectivity index (χ1) is 11.6. The van der Waals surface area contributed by atoms with Gasteiger partial charge >= 0.3 is 0 Å². The first-order valence-corrected chi connectivity index (χ1v) is 7.75. The number of hydrogen-bond donors (Lipinski definition) is 1. The number of non-ortho nitro benzene ring substituents is 1. The molecule has 1 aromatic heterocycles. The number of anilines is 1. The average molecular weight is 342 g/mol. The van der Waals surface area contributed by atoms with Crippen molar-refractivity contribution in [2.24, 2.45) is 5.10 Å². The SMILES string of the molecule is O=[N+]([O-])c1cccc(-c2csc(N/N=C/c3ccccc3F)n2)c1. The third kappa shape index (κ3) is 3.61. The van der Waals surface area contributed by atoms with Gasteiger partial charge in [0.05, 0.1) is 16.8 Å². The van der Waals surface area contributed by atoms with Crippen LogP contribution in [0.15, 0.2) is 59.0 Å². The van der Waals surface area contributed by atoms with E-state index in [0.717, 1.165) is 0 Å². The molecule has 1 heterocycles. The highest BCUT2D eigenvalue weighted by Gasteiger charge is 2.09. The first kappa shape index (κ1) is 15.8. The van der Waals surface area contributed by atoms with Crippen molar-refractivity contribution in [1.82, 2.24) is 4.98 Å². The summed E-state index contributed by atoms with van der Waals surface area (Å²) >= 11 is 1.30. The van der Waals surface area contributed by atoms with Crippen LogP contribution < -0.4 is 5.43 Å². The number of thiazole rings is 1. The predicted octanol–water partition coefficient (Wildman–Crippen LogP) is 4.30. The molecule has 3 aromatic rings. The van der Waals surface area contributed by atoms with Crippen molar-refractivity contribution in [3.05, 3.63) is 75.4 Å². The Balaban J connectivity index is 1.73. The summed E-state index contributed by atoms with van der Waals surface area (Å²) in [6.45, 7) is 0. The summed E-state index contributed by atoms with van der Waals surface area (Å²) in [5.41, 5.74) is 4.34. The summed E-state index contributed by atoms with van der Waals surface area (Å²) in [7, 11) is 0. The summed E-state index contributed by atoms with van der Waals surface area (Å²) in [5, 5.41) is 17.0. The number of halogens is 1. The van der Waals surface area contributed by atoms with Crippen LogP contribution in [0, 0.1) is 15.9 Å². The molecule has 2 aromatic carbocycles. The zero-order chi connectivity index (χ0) is 16.9. The Labute approximate surface area is 140 Å². The summed E-state index contributed by atoms with van der Waals surface area (Å²) in [6, 6.07) is 12.5. The maximum Gasteiger partial charge on any atom is 0.270 e. The topological polar surface area (TPSA) is 80.4 Å². The van der Waals surface area contributed by atoms with E-state index in [9.17, 15) is 14.5 Å². The van der Waals surface area contributed by atoms with Crippen molar-refractivity contribution in [2.75, 3.05) is 5.43 Å². The maximum atomic E-state index is 13.5. The molecule has 0 unspecified atom stereocenters. The van der Waals surface area contributed by atoms with E-state index in [4.69, 9.17) is 0 Å². The van der Waals surface area contributed by atoms with Gasteiger partial charge in [-0.3, -0.25) is 15.5 Å². The van der Waals surface area contributed by atoms with Crippen LogP contribution in [0.3, 0.4) is 0 Å². The Hall–Kier alpha value is -3.13. The third-order valence-electron chi connectivity index (χ3n) is 3.13. The van der Waals surface area contributed by atoms with Crippen molar-refractivity contribution >= 4 is 28.4 Å². The highest BCUT2D eigenvalue weighted by molar-refractivity contribution is 7.14. The Morgan fingerprint density at radius 3 is 2.88 bits per heavy atom. The van der Waals surface area contributed by atoms with Crippen LogP contribution in [0.4, 0.5) is 15.2 Å². The van der Waals surface area contributed by atoms with E-state index in [1.54, 1.807) is 35.7 Å². The zero-order valence-electron chi connectivity index (χ0n) is 12.2. The lowest BCUT2D eigenvalue weighted by Gasteiger charge is -1.97. The first-order valence-electron chi connectivity index (χ1n) is 6.87. The molecule has 24 heavy (non-hydrogen) atoms. The highest BCUT2D eigenvalue weighted by Crippen LogP contribution is 2.27. The molecular formula is C16H11FN4O2S. The molecule has 0 radical (unpaired) electrons. The number of hydrogen-bond acceptors (Lipinski definition) is 6. The van der Waals surface area contributed by atoms with Gasteiger partial charge in [0.2, 0.25) is 5.13 Å². The van der Waals surface area contributed by atoms with Gasteiger partial charge in [0.1, 0.15) is 5.82 Å². The fourth-order valence-electron chi connectivity index (χ4n) is 1.97. The molecule has 0 amide bonds. The van der Waals surface area contributed by atoms with E-state index in [-0.39, 0.29) is 11.5 Å². The molecule has 0 aliphatic heterocycles. The minimum absolute atomic E-state index is 0.00702. The standard InChI is InChI=1S/C16H11FN4O2S/c17-14-7-2-1-4-12(14)9-18-20-16-19-15(10-24-16)11-5-3-6-13(8-11)21(22)23/h1-10H,(H,19,20)/b18-9+. The number of aromatic nitrogens is 1. The van der Waals surface area contributed by atoms with E-state index in [2.05, 4.69) is 15.5 Å². The summed E-state index contributed by atoms with van der Waals surface area (Å²) in [4.78, 5) is 14.7. The number of hydrazone groups is 1. The van der Waals surface area contributed by atoms with Gasteiger partial charge in [-0.2, -0.15) is 5.10 Å². The fourth-order valence-corrected chi connectivity index (χ4v) is 2.64. The largest absolute Gasteiger partial charge is 0.270 e. The number of nitrogens with zero attached hydrogens (tertiary/aromatic N) is 3. The second-order valence-corrected chi connectivity index (χ2v) is 5.59. The molecular weight excluding hydrogens is 331 g/mol. The molecule has 1 N–H and O–H groups in total. The van der Waals surface area contributed by atoms with Gasteiger partial charge in [0.25, 0.3) is 5.69 Å². The van der Waals surface area contributed by atoms with Crippen molar-refractivity contribution in [1.29, 1.82) is 0 Å². The van der Waals surface area contributed by atoms with Gasteiger partial charge in [0, 0.05) is 28.6 Å². The minimum atomic E-state index is -0.451. The third-order valence-corrected chi connectivity index (χ3v) is 3.87. The van der Waals surface area contributed by atoms with Crippen LogP contribution in [0.1, 0.15) is 5.56 Å². The van der Waals surface area contributed by atoms with Crippen LogP contribution in [0.2, 0.25) is 0 Å². The summed E-state index contributed by atoms with van der Waals surface area (Å²) < 4.78 is 13.5. The molecule has 0 saturated carbocycles. The summed E-state index contributed by atoms with van der Waals surface area (Å²) in [5.74, 6) is -0.362. The molecule has 0 spiro atoms. The quantitative estimate of drug-likeness (QED) is 0.426. The smallest absolute Gasteiger partial charge is 0.258 e. The van der Waals surface area contributed by atoms with Crippen LogP contribution in [-0.2, 0) is 0 Å². The molecule has 0 atom stereocenters. The van der Waals surface area contributed by atoms with Gasteiger partial charge in [0.15, 0.2) is 0 Å². The van der Waals surface area contributed by atoms with E-state index in [1.807, 2.05) is 0 Å². The second kappa shape index (κ2) is 6.97. The lowest BCUT2D eigenvalue weighted by molar-refractivity contribution is -0.384. The number of nitrogens with one attached hydrogen (secondary N) is 1. The number of rotatable bonds is 5. The van der Waals surface area contributed by atoms with Crippen molar-refractivity contribution in [3.8, 4) is 11.3 Å². The number of nitro benzene ring substituents is 1. The molecule has 0 saturated heterocycles. The Kier molecular flexibility index (Phi) is 4.57. The Morgan fingerprint density at radius 2 is 2.08 bits per heavy atom. The Morgan fingerprint density at radius 1 is 1.25 bits per heavy atom. The molecule has 6 nitrogen and oxygen atoms in total. The minimum Gasteiger partial charge on any atom is -0.258 e. The van der Waals surface area contributed by atoms with Crippen molar-refractivity contribution in [2.45, 2.75) is 0 Å². The fraction of sp³-hybridized carbons (Fsp3) is 0. The predicted molar refractivity (Wildman–Crippen MR) is 91.8 cm³/mol. The van der Waals surface area contributed by atoms with E-state index >= 15 is 0 Å². The summed E-state index contributed by atoms with van der Waals surface area (Å²) in [6.07, 6.45) is 1.36. The second-order valence-electron chi connectivity index (χ2n) is 4.74. The normalized spacial score (nSPS) is 10.9. The maximum absolute atomic E-state index is 13.5. The molecule has 8 heteroatoms. The van der Waals surface area contributed by atoms with E-state index < -0.39 is 4.92 Å². The number of benzene rings is 2. The highest BCUT2D eigenvalue weighted by atomic mass is 32.1. The van der Waals surface area contributed by atoms with Crippen LogP contribution in [-0.4, -0.2) is 16.1 Å². The van der Waals surface area contributed by atoms with Crippen molar-refractivity contribution < 1.29 is 9.31 Å². The molecule has 120 valence electrons. The molecule has 0 fully saturated rings. The van der Waals surface area contributed by atoms with Gasteiger partial charge in [-0.25, -0.2) is 9.37 Å². The molecule has 3 rings (SSSR count). The average Bonchev–Trinajstić information content (AvgIpc) is 3.06. The molecule has 0 bridgehead atoms. The van der Waals surface area contributed by atoms with Gasteiger partial charge in [-0.1, -0.05) is 30.3 Å². The van der Waals surface area contributed by atoms with Crippen LogP contribution >= 0.6 is 11.3 Å². The Bertz CT molecular complexity index is 910. The molecule has 0 aliphatic carbocycles. The monoisotopic (exact) mass is 342 g/mol. The van der Waals surface area contributed by atoms with Crippen LogP contribution in [0.25, 0.3) is 11.3 Å². The van der Waals surface area contributed by atoms with Crippen molar-refractivity contribution in [3.63, 3.8) is 0 Å². The van der Waals surface area contributed by atoms with Crippen LogP contribution in [0.5, 0.6) is 0 Å². The zero-order valence-corrected chi connectivity index (χ0v) is 13.0.